The van der Waals surface area contributed by atoms with Gasteiger partial charge in [-0.3, -0.25) is 4.79 Å². The van der Waals surface area contributed by atoms with Crippen LogP contribution in [0.15, 0.2) is 0 Å². The molecule has 1 unspecified atom stereocenters. The van der Waals surface area contributed by atoms with E-state index in [-0.39, 0.29) is 12.0 Å². The summed E-state index contributed by atoms with van der Waals surface area (Å²) in [6.07, 6.45) is 19.5. The summed E-state index contributed by atoms with van der Waals surface area (Å²) < 4.78 is 0. The number of hydrogen-bond donors (Lipinski definition) is 2. The molecule has 0 aromatic rings. The topological polar surface area (TPSA) is 49.3 Å². The van der Waals surface area contributed by atoms with Crippen LogP contribution in [0.2, 0.25) is 0 Å². The molecule has 0 rings (SSSR count). The molecule has 0 radical (unpaired) electrons. The third kappa shape index (κ3) is 19.6. The molecule has 0 spiro atoms. The Balaban J connectivity index is 3.25. The lowest BCUT2D eigenvalue weighted by Gasteiger charge is -2.10. The molecule has 3 nitrogen and oxygen atoms in total. The zero-order valence-corrected chi connectivity index (χ0v) is 17.2. The van der Waals surface area contributed by atoms with Gasteiger partial charge in [-0.2, -0.15) is 0 Å². The highest BCUT2D eigenvalue weighted by atomic mass is 16.3. The predicted octanol–water partition coefficient (Wildman–Crippen LogP) is 6.14. The van der Waals surface area contributed by atoms with Crippen LogP contribution in [0.4, 0.5) is 0 Å². The van der Waals surface area contributed by atoms with Crippen molar-refractivity contribution in [3.63, 3.8) is 0 Å². The molecule has 0 aliphatic carbocycles. The van der Waals surface area contributed by atoms with Crippen molar-refractivity contribution in [3.8, 4) is 0 Å². The van der Waals surface area contributed by atoms with E-state index in [9.17, 15) is 9.90 Å². The maximum Gasteiger partial charge on any atom is 0.219 e. The molecule has 0 fully saturated rings. The Labute approximate surface area is 157 Å². The Morgan fingerprint density at radius 2 is 1.20 bits per heavy atom. The van der Waals surface area contributed by atoms with Gasteiger partial charge in [-0.1, -0.05) is 90.9 Å². The van der Waals surface area contributed by atoms with E-state index in [0.29, 0.717) is 6.42 Å². The Hall–Kier alpha value is -0.570. The molecule has 25 heavy (non-hydrogen) atoms. The summed E-state index contributed by atoms with van der Waals surface area (Å²) in [5, 5.41) is 12.8. The van der Waals surface area contributed by atoms with Gasteiger partial charge in [0.15, 0.2) is 0 Å². The number of nitrogens with one attached hydrogen (secondary N) is 1. The van der Waals surface area contributed by atoms with Gasteiger partial charge in [0.1, 0.15) is 0 Å². The van der Waals surface area contributed by atoms with Gasteiger partial charge in [-0.05, 0) is 25.7 Å². The second-order valence-electron chi connectivity index (χ2n) is 7.57. The lowest BCUT2D eigenvalue weighted by molar-refractivity contribution is -0.121. The fraction of sp³-hybridized carbons (Fsp3) is 0.955. The van der Waals surface area contributed by atoms with Crippen LogP contribution < -0.4 is 5.32 Å². The van der Waals surface area contributed by atoms with E-state index in [1.165, 1.54) is 70.6 Å². The first-order chi connectivity index (χ1) is 12.2. The second-order valence-corrected chi connectivity index (χ2v) is 7.57. The van der Waals surface area contributed by atoms with Crippen molar-refractivity contribution in [1.82, 2.24) is 5.32 Å². The number of hydrogen-bond acceptors (Lipinski definition) is 2. The van der Waals surface area contributed by atoms with Crippen molar-refractivity contribution >= 4 is 5.91 Å². The maximum atomic E-state index is 11.8. The third-order valence-electron chi connectivity index (χ3n) is 4.93. The van der Waals surface area contributed by atoms with Gasteiger partial charge in [0.2, 0.25) is 5.91 Å². The van der Waals surface area contributed by atoms with Gasteiger partial charge in [-0.15, -0.1) is 0 Å². The number of aliphatic hydroxyl groups excluding tert-OH is 1. The van der Waals surface area contributed by atoms with Crippen molar-refractivity contribution in [2.75, 3.05) is 6.54 Å². The molecule has 0 aromatic carbocycles. The van der Waals surface area contributed by atoms with Crippen LogP contribution in [0.1, 0.15) is 123 Å². The second kappa shape index (κ2) is 19.8. The molecule has 1 atom stereocenters. The molecular formula is C22H45NO2. The molecular weight excluding hydrogens is 310 g/mol. The lowest BCUT2D eigenvalue weighted by atomic mass is 10.1. The Kier molecular flexibility index (Phi) is 19.3. The SMILES string of the molecule is CCCCCCCCCCCCNC(=O)CCCC(O)CCCCC. The standard InChI is InChI=1S/C22H45NO2/c1-3-5-7-8-9-10-11-12-13-15-20-23-22(25)19-16-18-21(24)17-14-6-4-2/h21,24H,3-20H2,1-2H3,(H,23,25). The van der Waals surface area contributed by atoms with Crippen LogP contribution in [-0.2, 0) is 4.79 Å². The molecule has 0 saturated heterocycles. The fourth-order valence-electron chi connectivity index (χ4n) is 3.20. The first kappa shape index (κ1) is 24.4. The summed E-state index contributed by atoms with van der Waals surface area (Å²) >= 11 is 0. The highest BCUT2D eigenvalue weighted by Crippen LogP contribution is 2.11. The molecule has 0 heterocycles. The average molecular weight is 356 g/mol. The summed E-state index contributed by atoms with van der Waals surface area (Å²) in [5.41, 5.74) is 0. The molecule has 1 amide bonds. The summed E-state index contributed by atoms with van der Waals surface area (Å²) in [5.74, 6) is 0.150. The van der Waals surface area contributed by atoms with Crippen molar-refractivity contribution in [1.29, 1.82) is 0 Å². The van der Waals surface area contributed by atoms with E-state index in [1.54, 1.807) is 0 Å². The van der Waals surface area contributed by atoms with Crippen molar-refractivity contribution in [3.05, 3.63) is 0 Å². The molecule has 150 valence electrons. The minimum Gasteiger partial charge on any atom is -0.393 e. The molecule has 0 bridgehead atoms. The van der Waals surface area contributed by atoms with Crippen molar-refractivity contribution in [2.24, 2.45) is 0 Å². The number of unbranched alkanes of at least 4 members (excludes halogenated alkanes) is 11. The van der Waals surface area contributed by atoms with Gasteiger partial charge in [-0.25, -0.2) is 0 Å². The van der Waals surface area contributed by atoms with E-state index in [4.69, 9.17) is 0 Å². The predicted molar refractivity (Wildman–Crippen MR) is 109 cm³/mol. The smallest absolute Gasteiger partial charge is 0.219 e. The zero-order chi connectivity index (χ0) is 18.6. The highest BCUT2D eigenvalue weighted by molar-refractivity contribution is 5.75. The Morgan fingerprint density at radius 3 is 1.80 bits per heavy atom. The maximum absolute atomic E-state index is 11.8. The van der Waals surface area contributed by atoms with Crippen LogP contribution in [0, 0.1) is 0 Å². The van der Waals surface area contributed by atoms with E-state index < -0.39 is 0 Å². The van der Waals surface area contributed by atoms with E-state index in [0.717, 1.165) is 38.6 Å². The minimum absolute atomic E-state index is 0.150. The molecule has 0 aliphatic rings. The minimum atomic E-state index is -0.221. The number of carbonyl (C=O) groups excluding carboxylic acids is 1. The number of carbonyl (C=O) groups is 1. The normalized spacial score (nSPS) is 12.3. The van der Waals surface area contributed by atoms with Gasteiger partial charge in [0.05, 0.1) is 6.10 Å². The largest absolute Gasteiger partial charge is 0.393 e. The number of amides is 1. The van der Waals surface area contributed by atoms with E-state index >= 15 is 0 Å². The average Bonchev–Trinajstić information content (AvgIpc) is 2.60. The van der Waals surface area contributed by atoms with Crippen LogP contribution in [-0.4, -0.2) is 23.7 Å². The molecule has 3 heteroatoms. The molecule has 0 aliphatic heterocycles. The number of rotatable bonds is 19. The lowest BCUT2D eigenvalue weighted by Crippen LogP contribution is -2.24. The van der Waals surface area contributed by atoms with Crippen LogP contribution in [0.25, 0.3) is 0 Å². The quantitative estimate of drug-likeness (QED) is 0.274. The van der Waals surface area contributed by atoms with Crippen molar-refractivity contribution in [2.45, 2.75) is 129 Å². The summed E-state index contributed by atoms with van der Waals surface area (Å²) in [6.45, 7) is 5.25. The molecule has 0 aromatic heterocycles. The van der Waals surface area contributed by atoms with Gasteiger partial charge in [0, 0.05) is 13.0 Å². The Morgan fingerprint density at radius 1 is 0.720 bits per heavy atom. The van der Waals surface area contributed by atoms with Gasteiger partial charge >= 0.3 is 0 Å². The number of aliphatic hydroxyl groups is 1. The Bertz CT molecular complexity index is 281. The van der Waals surface area contributed by atoms with Gasteiger partial charge < -0.3 is 10.4 Å². The van der Waals surface area contributed by atoms with Crippen molar-refractivity contribution < 1.29 is 9.90 Å². The fourth-order valence-corrected chi connectivity index (χ4v) is 3.20. The first-order valence-corrected chi connectivity index (χ1v) is 11.2. The molecule has 0 saturated carbocycles. The zero-order valence-electron chi connectivity index (χ0n) is 17.2. The third-order valence-corrected chi connectivity index (χ3v) is 4.93. The first-order valence-electron chi connectivity index (χ1n) is 11.2. The monoisotopic (exact) mass is 355 g/mol. The highest BCUT2D eigenvalue weighted by Gasteiger charge is 2.06. The summed E-state index contributed by atoms with van der Waals surface area (Å²) in [6, 6.07) is 0. The van der Waals surface area contributed by atoms with Crippen LogP contribution in [0.5, 0.6) is 0 Å². The van der Waals surface area contributed by atoms with E-state index in [2.05, 4.69) is 19.2 Å². The summed E-state index contributed by atoms with van der Waals surface area (Å²) in [7, 11) is 0. The molecule has 2 N–H and O–H groups in total. The summed E-state index contributed by atoms with van der Waals surface area (Å²) in [4.78, 5) is 11.8. The van der Waals surface area contributed by atoms with E-state index in [1.807, 2.05) is 0 Å². The van der Waals surface area contributed by atoms with Gasteiger partial charge in [0.25, 0.3) is 0 Å². The van der Waals surface area contributed by atoms with Crippen LogP contribution in [0.3, 0.4) is 0 Å². The van der Waals surface area contributed by atoms with Crippen LogP contribution >= 0.6 is 0 Å².